The molecule has 0 unspecified atom stereocenters. The van der Waals surface area contributed by atoms with Gasteiger partial charge in [-0.25, -0.2) is 9.37 Å². The molecule has 4 aromatic rings. The van der Waals surface area contributed by atoms with Crippen molar-refractivity contribution in [1.82, 2.24) is 20.5 Å². The third kappa shape index (κ3) is 8.17. The molecule has 0 spiro atoms. The molecule has 0 aliphatic rings. The van der Waals surface area contributed by atoms with Crippen molar-refractivity contribution >= 4 is 39.6 Å². The van der Waals surface area contributed by atoms with Gasteiger partial charge < -0.3 is 10.1 Å². The van der Waals surface area contributed by atoms with E-state index in [-0.39, 0.29) is 27.6 Å². The second kappa shape index (κ2) is 13.5. The lowest BCUT2D eigenvalue weighted by Gasteiger charge is -2.20. The summed E-state index contributed by atoms with van der Waals surface area (Å²) in [4.78, 5) is 15.5. The third-order valence-corrected chi connectivity index (χ3v) is 6.53. The van der Waals surface area contributed by atoms with Crippen LogP contribution in [0.1, 0.15) is 42.4 Å². The number of hydrogen-bond acceptors (Lipinski definition) is 4. The van der Waals surface area contributed by atoms with E-state index in [0.29, 0.717) is 35.4 Å². The number of pyridine rings is 1. The zero-order valence-corrected chi connectivity index (χ0v) is 22.8. The zero-order chi connectivity index (χ0) is 29.4. The van der Waals surface area contributed by atoms with Gasteiger partial charge in [0.15, 0.2) is 0 Å². The number of aromatic amines is 1. The molecular weight excluding hydrogens is 560 g/mol. The normalized spacial score (nSPS) is 12.5. The van der Waals surface area contributed by atoms with E-state index in [1.807, 2.05) is 0 Å². The average molecular weight is 587 g/mol. The molecular formula is C30H27ClF4N4O2. The van der Waals surface area contributed by atoms with Gasteiger partial charge >= 0.3 is 6.18 Å². The molecule has 2 aromatic carbocycles. The smallest absolute Gasteiger partial charge is 0.393 e. The number of hydrogen-bond donors (Lipinski definition) is 2. The summed E-state index contributed by atoms with van der Waals surface area (Å²) in [6, 6.07) is 11.7. The molecule has 4 rings (SSSR count). The molecule has 214 valence electrons. The van der Waals surface area contributed by atoms with Crippen molar-refractivity contribution in [2.24, 2.45) is 0 Å². The van der Waals surface area contributed by atoms with Gasteiger partial charge in [-0.05, 0) is 77.9 Å². The number of amides is 1. The van der Waals surface area contributed by atoms with Crippen LogP contribution < -0.4 is 10.1 Å². The molecule has 2 aromatic heterocycles. The van der Waals surface area contributed by atoms with E-state index in [1.54, 1.807) is 49.7 Å². The number of ether oxygens (including phenoxy) is 1. The Morgan fingerprint density at radius 3 is 2.59 bits per heavy atom. The Labute approximate surface area is 239 Å². The number of likely N-dealkylation sites (N-methyl/N-ethyl adjacent to an activating group) is 1. The summed E-state index contributed by atoms with van der Waals surface area (Å²) in [6.07, 6.45) is 2.64. The number of H-pyrrole nitrogens is 1. The van der Waals surface area contributed by atoms with Crippen LogP contribution in [-0.2, 0) is 4.79 Å². The van der Waals surface area contributed by atoms with E-state index in [2.05, 4.69) is 20.5 Å². The lowest BCUT2D eigenvalue weighted by molar-refractivity contribution is -0.123. The van der Waals surface area contributed by atoms with Crippen LogP contribution in [0.25, 0.3) is 22.0 Å². The van der Waals surface area contributed by atoms with Gasteiger partial charge in [-0.1, -0.05) is 29.8 Å². The van der Waals surface area contributed by atoms with E-state index in [1.165, 1.54) is 18.3 Å². The predicted molar refractivity (Wildman–Crippen MR) is 151 cm³/mol. The minimum Gasteiger partial charge on any atom is -0.478 e. The topological polar surface area (TPSA) is 79.9 Å². The van der Waals surface area contributed by atoms with Crippen molar-refractivity contribution in [3.8, 4) is 5.88 Å². The summed E-state index contributed by atoms with van der Waals surface area (Å²) in [5.41, 5.74) is 1.80. The molecule has 41 heavy (non-hydrogen) atoms. The van der Waals surface area contributed by atoms with Crippen molar-refractivity contribution < 1.29 is 27.1 Å². The second-order valence-electron chi connectivity index (χ2n) is 9.19. The highest BCUT2D eigenvalue weighted by atomic mass is 35.5. The first-order valence-electron chi connectivity index (χ1n) is 12.8. The van der Waals surface area contributed by atoms with Crippen LogP contribution in [0.4, 0.5) is 17.6 Å². The number of allylic oxidation sites excluding steroid dienone is 2. The summed E-state index contributed by atoms with van der Waals surface area (Å²) in [5, 5.41) is 9.91. The van der Waals surface area contributed by atoms with Crippen molar-refractivity contribution in [1.29, 1.82) is 0 Å². The minimum atomic E-state index is -4.58. The minimum absolute atomic E-state index is 0.0680. The van der Waals surface area contributed by atoms with Crippen LogP contribution in [0.5, 0.6) is 5.88 Å². The molecule has 0 saturated heterocycles. The number of nitrogens with one attached hydrogen (secondary N) is 2. The summed E-state index contributed by atoms with van der Waals surface area (Å²) >= 11 is 6.28. The Kier molecular flexibility index (Phi) is 9.78. The SMILES string of the molecule is CNC(=O)/C=C/CCCCOc1ccc(/C(=C(/CC(F)(F)F)c2ccc(F)cc2Cl)c2ccc3[nH]ncc3c2)cn1. The van der Waals surface area contributed by atoms with E-state index in [0.717, 1.165) is 30.5 Å². The van der Waals surface area contributed by atoms with Crippen molar-refractivity contribution in [2.75, 3.05) is 13.7 Å². The van der Waals surface area contributed by atoms with Crippen LogP contribution in [0.3, 0.4) is 0 Å². The van der Waals surface area contributed by atoms with Crippen molar-refractivity contribution in [2.45, 2.75) is 31.9 Å². The van der Waals surface area contributed by atoms with E-state index in [9.17, 15) is 22.4 Å². The Balaban J connectivity index is 1.67. The van der Waals surface area contributed by atoms with Crippen LogP contribution >= 0.6 is 11.6 Å². The zero-order valence-electron chi connectivity index (χ0n) is 22.1. The van der Waals surface area contributed by atoms with Crippen LogP contribution in [0.15, 0.2) is 73.1 Å². The maximum Gasteiger partial charge on any atom is 0.393 e. The van der Waals surface area contributed by atoms with Crippen molar-refractivity contribution in [3.05, 3.63) is 101 Å². The van der Waals surface area contributed by atoms with Gasteiger partial charge in [-0.2, -0.15) is 18.3 Å². The standard InChI is InChI=1S/C30H27ClF4N4O2/c1-36-27(40)6-4-2-3-5-13-41-28-12-8-20(17-37-28)29(19-7-11-26-21(14-19)18-38-39-26)24(16-30(33,34)35)23-10-9-22(32)15-25(23)31/h4,6-12,14-15,17-18H,2-3,5,13,16H2,1H3,(H,36,40)(H,38,39)/b6-4+,29-24-. The Hall–Kier alpha value is -4.18. The maximum absolute atomic E-state index is 13.9. The van der Waals surface area contributed by atoms with E-state index < -0.39 is 18.4 Å². The summed E-state index contributed by atoms with van der Waals surface area (Å²) in [7, 11) is 1.56. The fraction of sp³-hybridized carbons (Fsp3) is 0.233. The van der Waals surface area contributed by atoms with Gasteiger partial charge in [-0.3, -0.25) is 9.89 Å². The lowest BCUT2D eigenvalue weighted by Crippen LogP contribution is -2.13. The fourth-order valence-corrected chi connectivity index (χ4v) is 4.58. The Bertz CT molecular complexity index is 1560. The number of fused-ring (bicyclic) bond motifs is 1. The molecule has 0 aliphatic carbocycles. The number of alkyl halides is 3. The molecule has 11 heteroatoms. The summed E-state index contributed by atoms with van der Waals surface area (Å²) in [5.74, 6) is -0.502. The van der Waals surface area contributed by atoms with Gasteiger partial charge in [0.05, 0.1) is 29.8 Å². The first-order valence-corrected chi connectivity index (χ1v) is 13.2. The molecule has 2 N–H and O–H groups in total. The molecule has 6 nitrogen and oxygen atoms in total. The van der Waals surface area contributed by atoms with Crippen LogP contribution in [-0.4, -0.2) is 40.9 Å². The predicted octanol–water partition coefficient (Wildman–Crippen LogP) is 7.51. The van der Waals surface area contributed by atoms with Gasteiger partial charge in [-0.15, -0.1) is 0 Å². The van der Waals surface area contributed by atoms with Gasteiger partial charge in [0, 0.05) is 30.3 Å². The number of benzene rings is 2. The molecule has 0 saturated carbocycles. The van der Waals surface area contributed by atoms with Crippen molar-refractivity contribution in [3.63, 3.8) is 0 Å². The number of aromatic nitrogens is 3. The van der Waals surface area contributed by atoms with E-state index in [4.69, 9.17) is 16.3 Å². The number of carbonyl (C=O) groups is 1. The third-order valence-electron chi connectivity index (χ3n) is 6.22. The van der Waals surface area contributed by atoms with Crippen LogP contribution in [0, 0.1) is 5.82 Å². The van der Waals surface area contributed by atoms with Crippen LogP contribution in [0.2, 0.25) is 5.02 Å². The molecule has 0 fully saturated rings. The van der Waals surface area contributed by atoms with Gasteiger partial charge in [0.1, 0.15) is 5.82 Å². The molecule has 0 atom stereocenters. The first-order chi connectivity index (χ1) is 19.6. The highest BCUT2D eigenvalue weighted by Crippen LogP contribution is 2.42. The fourth-order valence-electron chi connectivity index (χ4n) is 4.29. The molecule has 0 bridgehead atoms. The van der Waals surface area contributed by atoms with Gasteiger partial charge in [0.25, 0.3) is 0 Å². The Morgan fingerprint density at radius 1 is 1.07 bits per heavy atom. The molecule has 2 heterocycles. The highest BCUT2D eigenvalue weighted by molar-refractivity contribution is 6.32. The number of rotatable bonds is 11. The molecule has 0 radical (unpaired) electrons. The largest absolute Gasteiger partial charge is 0.478 e. The van der Waals surface area contributed by atoms with Gasteiger partial charge in [0.2, 0.25) is 11.8 Å². The second-order valence-corrected chi connectivity index (χ2v) is 9.59. The van der Waals surface area contributed by atoms with E-state index >= 15 is 0 Å². The quantitative estimate of drug-likeness (QED) is 0.0825. The lowest BCUT2D eigenvalue weighted by atomic mass is 9.88. The summed E-state index contributed by atoms with van der Waals surface area (Å²) < 4.78 is 61.4. The number of nitrogens with zero attached hydrogens (tertiary/aromatic N) is 2. The molecule has 0 aliphatic heterocycles. The highest BCUT2D eigenvalue weighted by Gasteiger charge is 2.32. The molecule has 1 amide bonds. The Morgan fingerprint density at radius 2 is 1.88 bits per heavy atom. The number of halogens is 5. The monoisotopic (exact) mass is 586 g/mol. The first kappa shape index (κ1) is 29.8. The maximum atomic E-state index is 13.9. The number of unbranched alkanes of at least 4 members (excludes halogenated alkanes) is 2. The summed E-state index contributed by atoms with van der Waals surface area (Å²) in [6.45, 7) is 0.379. The number of carbonyl (C=O) groups excluding carboxylic acids is 1. The average Bonchev–Trinajstić information content (AvgIpc) is 3.40.